The Morgan fingerprint density at radius 2 is 1.62 bits per heavy atom. The molecule has 0 atom stereocenters. The van der Waals surface area contributed by atoms with Gasteiger partial charge in [0.15, 0.2) is 0 Å². The van der Waals surface area contributed by atoms with E-state index in [2.05, 4.69) is 12.2 Å². The Bertz CT molecular complexity index is 1010. The predicted octanol–water partition coefficient (Wildman–Crippen LogP) is 4.89. The first kappa shape index (κ1) is 19.2. The molecule has 0 bridgehead atoms. The van der Waals surface area contributed by atoms with E-state index in [0.717, 1.165) is 28.4 Å². The quantitative estimate of drug-likeness (QED) is 0.694. The minimum Gasteiger partial charge on any atom is -0.339 e. The molecule has 2 amide bonds. The molecule has 1 N–H and O–H groups in total. The van der Waals surface area contributed by atoms with Gasteiger partial charge in [-0.1, -0.05) is 55.5 Å². The molecular weight excluding hydrogens is 360 g/mol. The second-order valence-corrected chi connectivity index (χ2v) is 7.63. The molecule has 4 rings (SSSR count). The monoisotopic (exact) mass is 386 g/mol. The van der Waals surface area contributed by atoms with Crippen molar-refractivity contribution < 1.29 is 9.59 Å². The highest BCUT2D eigenvalue weighted by Gasteiger charge is 2.28. The van der Waals surface area contributed by atoms with Crippen molar-refractivity contribution in [2.75, 3.05) is 18.4 Å². The van der Waals surface area contributed by atoms with Crippen LogP contribution in [-0.4, -0.2) is 29.8 Å². The number of carbonyl (C=O) groups excluding carboxylic acids is 2. The molecule has 1 aliphatic rings. The lowest BCUT2D eigenvalue weighted by molar-refractivity contribution is -0.121. The molecule has 0 radical (unpaired) electrons. The molecule has 4 nitrogen and oxygen atoms in total. The number of hydrogen-bond acceptors (Lipinski definition) is 2. The second kappa shape index (κ2) is 8.48. The summed E-state index contributed by atoms with van der Waals surface area (Å²) < 4.78 is 0. The first-order chi connectivity index (χ1) is 14.2. The van der Waals surface area contributed by atoms with E-state index in [-0.39, 0.29) is 17.7 Å². The third kappa shape index (κ3) is 4.16. The summed E-state index contributed by atoms with van der Waals surface area (Å²) in [5.74, 6) is 0.0414. The fraction of sp³-hybridized carbons (Fsp3) is 0.280. The third-order valence-corrected chi connectivity index (χ3v) is 5.80. The molecule has 1 fully saturated rings. The summed E-state index contributed by atoms with van der Waals surface area (Å²) in [6, 6.07) is 21.8. The summed E-state index contributed by atoms with van der Waals surface area (Å²) in [6.45, 7) is 3.32. The number of nitrogens with zero attached hydrogens (tertiary/aromatic N) is 1. The van der Waals surface area contributed by atoms with Crippen molar-refractivity contribution in [3.8, 4) is 0 Å². The van der Waals surface area contributed by atoms with E-state index < -0.39 is 0 Å². The van der Waals surface area contributed by atoms with Crippen LogP contribution in [-0.2, 0) is 11.2 Å². The number of amides is 2. The third-order valence-electron chi connectivity index (χ3n) is 5.80. The summed E-state index contributed by atoms with van der Waals surface area (Å²) in [4.78, 5) is 27.6. The maximum Gasteiger partial charge on any atom is 0.254 e. The molecule has 1 heterocycles. The highest BCUT2D eigenvalue weighted by atomic mass is 16.2. The van der Waals surface area contributed by atoms with Gasteiger partial charge in [0.2, 0.25) is 5.91 Å². The molecule has 0 unspecified atom stereocenters. The Labute approximate surface area is 171 Å². The molecular formula is C25H26N2O2. The van der Waals surface area contributed by atoms with Gasteiger partial charge >= 0.3 is 0 Å². The standard InChI is InChI=1S/C25H26N2O2/c1-2-18-10-12-21(13-11-18)26-24(28)20-14-16-27(17-15-20)25(29)23-9-5-7-19-6-3-4-8-22(19)23/h3-13,20H,2,14-17H2,1H3,(H,26,28). The van der Waals surface area contributed by atoms with Crippen molar-refractivity contribution in [2.45, 2.75) is 26.2 Å². The van der Waals surface area contributed by atoms with E-state index in [1.54, 1.807) is 0 Å². The number of likely N-dealkylation sites (tertiary alicyclic amines) is 1. The number of piperidine rings is 1. The van der Waals surface area contributed by atoms with Crippen LogP contribution in [0.2, 0.25) is 0 Å². The zero-order valence-corrected chi connectivity index (χ0v) is 16.7. The van der Waals surface area contributed by atoms with Gasteiger partial charge in [-0.15, -0.1) is 0 Å². The first-order valence-corrected chi connectivity index (χ1v) is 10.3. The molecule has 148 valence electrons. The summed E-state index contributed by atoms with van der Waals surface area (Å²) in [5.41, 5.74) is 2.83. The topological polar surface area (TPSA) is 49.4 Å². The Morgan fingerprint density at radius 1 is 0.931 bits per heavy atom. The van der Waals surface area contributed by atoms with Crippen LogP contribution in [0.25, 0.3) is 10.8 Å². The van der Waals surface area contributed by atoms with Gasteiger partial charge in [0.1, 0.15) is 0 Å². The van der Waals surface area contributed by atoms with Crippen molar-refractivity contribution >= 4 is 28.3 Å². The van der Waals surface area contributed by atoms with Crippen LogP contribution in [0.4, 0.5) is 5.69 Å². The molecule has 0 aliphatic carbocycles. The van der Waals surface area contributed by atoms with Crippen molar-refractivity contribution in [3.05, 3.63) is 77.9 Å². The summed E-state index contributed by atoms with van der Waals surface area (Å²) >= 11 is 0. The highest BCUT2D eigenvalue weighted by molar-refractivity contribution is 6.07. The summed E-state index contributed by atoms with van der Waals surface area (Å²) in [5, 5.41) is 5.07. The number of carbonyl (C=O) groups is 2. The van der Waals surface area contributed by atoms with E-state index in [0.29, 0.717) is 25.9 Å². The average molecular weight is 386 g/mol. The molecule has 3 aromatic rings. The Morgan fingerprint density at radius 3 is 2.34 bits per heavy atom. The van der Waals surface area contributed by atoms with Crippen LogP contribution >= 0.6 is 0 Å². The lowest BCUT2D eigenvalue weighted by Gasteiger charge is -2.31. The molecule has 0 aromatic heterocycles. The molecule has 3 aromatic carbocycles. The minimum absolute atomic E-state index is 0.0477. The normalized spacial score (nSPS) is 14.7. The van der Waals surface area contributed by atoms with Crippen LogP contribution in [0.15, 0.2) is 66.7 Å². The number of fused-ring (bicyclic) bond motifs is 1. The molecule has 0 spiro atoms. The predicted molar refractivity (Wildman–Crippen MR) is 117 cm³/mol. The number of aryl methyl sites for hydroxylation is 1. The molecule has 4 heteroatoms. The zero-order valence-electron chi connectivity index (χ0n) is 16.7. The Kier molecular flexibility index (Phi) is 5.61. The number of nitrogens with one attached hydrogen (secondary N) is 1. The van der Waals surface area contributed by atoms with E-state index in [1.807, 2.05) is 71.6 Å². The Balaban J connectivity index is 1.38. The zero-order chi connectivity index (χ0) is 20.2. The van der Waals surface area contributed by atoms with Crippen molar-refractivity contribution in [3.63, 3.8) is 0 Å². The van der Waals surface area contributed by atoms with Crippen molar-refractivity contribution in [2.24, 2.45) is 5.92 Å². The van der Waals surface area contributed by atoms with Crippen molar-refractivity contribution in [1.82, 2.24) is 4.90 Å². The van der Waals surface area contributed by atoms with E-state index >= 15 is 0 Å². The van der Waals surface area contributed by atoms with Gasteiger partial charge in [0.25, 0.3) is 5.91 Å². The van der Waals surface area contributed by atoms with Crippen LogP contribution in [0.5, 0.6) is 0 Å². The van der Waals surface area contributed by atoms with Crippen molar-refractivity contribution in [1.29, 1.82) is 0 Å². The number of rotatable bonds is 4. The molecule has 1 saturated heterocycles. The first-order valence-electron chi connectivity index (χ1n) is 10.3. The molecule has 0 saturated carbocycles. The van der Waals surface area contributed by atoms with Gasteiger partial charge in [0, 0.05) is 30.3 Å². The fourth-order valence-electron chi connectivity index (χ4n) is 4.00. The van der Waals surface area contributed by atoms with E-state index in [4.69, 9.17) is 0 Å². The lowest BCUT2D eigenvalue weighted by Crippen LogP contribution is -2.41. The second-order valence-electron chi connectivity index (χ2n) is 7.63. The smallest absolute Gasteiger partial charge is 0.254 e. The SMILES string of the molecule is CCc1ccc(NC(=O)C2CCN(C(=O)c3cccc4ccccc34)CC2)cc1. The number of hydrogen-bond donors (Lipinski definition) is 1. The van der Waals surface area contributed by atoms with Gasteiger partial charge in [-0.2, -0.15) is 0 Å². The number of anilines is 1. The van der Waals surface area contributed by atoms with Gasteiger partial charge in [0.05, 0.1) is 0 Å². The van der Waals surface area contributed by atoms with E-state index in [1.165, 1.54) is 5.56 Å². The Hall–Kier alpha value is -3.14. The van der Waals surface area contributed by atoms with E-state index in [9.17, 15) is 9.59 Å². The maximum atomic E-state index is 13.1. The van der Waals surface area contributed by atoms with Crippen LogP contribution in [0.3, 0.4) is 0 Å². The molecule has 1 aliphatic heterocycles. The van der Waals surface area contributed by atoms with Gasteiger partial charge < -0.3 is 10.2 Å². The van der Waals surface area contributed by atoms with Crippen LogP contribution < -0.4 is 5.32 Å². The summed E-state index contributed by atoms with van der Waals surface area (Å²) in [6.07, 6.45) is 2.36. The lowest BCUT2D eigenvalue weighted by atomic mass is 9.94. The average Bonchev–Trinajstić information content (AvgIpc) is 2.79. The highest BCUT2D eigenvalue weighted by Crippen LogP contribution is 2.24. The summed E-state index contributed by atoms with van der Waals surface area (Å²) in [7, 11) is 0. The maximum absolute atomic E-state index is 13.1. The largest absolute Gasteiger partial charge is 0.339 e. The van der Waals surface area contributed by atoms with Crippen LogP contribution in [0.1, 0.15) is 35.7 Å². The van der Waals surface area contributed by atoms with Gasteiger partial charge in [-0.3, -0.25) is 9.59 Å². The van der Waals surface area contributed by atoms with Gasteiger partial charge in [-0.25, -0.2) is 0 Å². The van der Waals surface area contributed by atoms with Gasteiger partial charge in [-0.05, 0) is 53.8 Å². The van der Waals surface area contributed by atoms with Crippen LogP contribution in [0, 0.1) is 5.92 Å². The number of benzene rings is 3. The minimum atomic E-state index is -0.0579. The molecule has 29 heavy (non-hydrogen) atoms. The fourth-order valence-corrected chi connectivity index (χ4v) is 4.00.